The van der Waals surface area contributed by atoms with Crippen molar-refractivity contribution in [2.24, 2.45) is 4.99 Å². The van der Waals surface area contributed by atoms with Gasteiger partial charge < -0.3 is 10.1 Å². The molecule has 0 fully saturated rings. The fourth-order valence-corrected chi connectivity index (χ4v) is 1.35. The van der Waals surface area contributed by atoms with Gasteiger partial charge in [0.15, 0.2) is 0 Å². The van der Waals surface area contributed by atoms with Crippen molar-refractivity contribution >= 4 is 18.0 Å². The van der Waals surface area contributed by atoms with E-state index in [9.17, 15) is 4.79 Å². The average Bonchev–Trinajstić information content (AvgIpc) is 2.27. The zero-order chi connectivity index (χ0) is 9.97. The molecule has 4 heteroatoms. The van der Waals surface area contributed by atoms with Gasteiger partial charge in [0.1, 0.15) is 0 Å². The number of aliphatic imine (C=N–C) groups is 1. The summed E-state index contributed by atoms with van der Waals surface area (Å²) in [5.74, 6) is -0.322. The molecule has 1 N–H and O–H groups in total. The maximum atomic E-state index is 11.2. The molecule has 0 atom stereocenters. The summed E-state index contributed by atoms with van der Waals surface area (Å²) in [6.07, 6.45) is 1.63. The summed E-state index contributed by atoms with van der Waals surface area (Å²) in [7, 11) is 1.37. The Morgan fingerprint density at radius 2 is 2.43 bits per heavy atom. The van der Waals surface area contributed by atoms with Crippen molar-refractivity contribution in [3.8, 4) is 0 Å². The molecule has 72 valence electrons. The lowest BCUT2D eigenvalue weighted by molar-refractivity contribution is 0.0601. The lowest BCUT2D eigenvalue weighted by atomic mass is 10.1. The summed E-state index contributed by atoms with van der Waals surface area (Å²) >= 11 is 0. The van der Waals surface area contributed by atoms with Crippen LogP contribution in [0.25, 0.3) is 0 Å². The predicted octanol–water partition coefficient (Wildman–Crippen LogP) is 1.43. The molecule has 1 aromatic carbocycles. The number of fused-ring (bicyclic) bond motifs is 1. The van der Waals surface area contributed by atoms with Gasteiger partial charge in [-0.15, -0.1) is 0 Å². The molecule has 1 aliphatic heterocycles. The predicted molar refractivity (Wildman–Crippen MR) is 53.6 cm³/mol. The standard InChI is InChI=1S/C10H10N2O2/c1-14-10(13)7-2-3-8-5-11-6-12-9(8)4-7/h2-4,6H,5H2,1H3,(H,11,12). The first kappa shape index (κ1) is 8.74. The minimum Gasteiger partial charge on any atom is -0.465 e. The topological polar surface area (TPSA) is 50.7 Å². The number of ether oxygens (including phenoxy) is 1. The highest BCUT2D eigenvalue weighted by molar-refractivity contribution is 5.92. The van der Waals surface area contributed by atoms with Gasteiger partial charge in [0, 0.05) is 5.69 Å². The summed E-state index contributed by atoms with van der Waals surface area (Å²) in [4.78, 5) is 15.3. The Hall–Kier alpha value is -1.84. The van der Waals surface area contributed by atoms with Crippen LogP contribution in [-0.4, -0.2) is 19.4 Å². The molecule has 0 unspecified atom stereocenters. The van der Waals surface area contributed by atoms with Crippen LogP contribution < -0.4 is 5.32 Å². The first-order valence-corrected chi connectivity index (χ1v) is 4.27. The second-order valence-corrected chi connectivity index (χ2v) is 2.98. The summed E-state index contributed by atoms with van der Waals surface area (Å²) in [5, 5.41) is 2.98. The number of esters is 1. The van der Waals surface area contributed by atoms with Crippen LogP contribution in [0.3, 0.4) is 0 Å². The number of carbonyl (C=O) groups excluding carboxylic acids is 1. The van der Waals surface area contributed by atoms with Crippen LogP contribution in [-0.2, 0) is 11.3 Å². The fourth-order valence-electron chi connectivity index (χ4n) is 1.35. The molecule has 1 aromatic rings. The van der Waals surface area contributed by atoms with E-state index in [2.05, 4.69) is 15.0 Å². The zero-order valence-corrected chi connectivity index (χ0v) is 7.78. The summed E-state index contributed by atoms with van der Waals surface area (Å²) in [6.45, 7) is 0.657. The van der Waals surface area contributed by atoms with Crippen LogP contribution >= 0.6 is 0 Å². The van der Waals surface area contributed by atoms with Gasteiger partial charge in [0.2, 0.25) is 0 Å². The van der Waals surface area contributed by atoms with Crippen molar-refractivity contribution in [1.82, 2.24) is 0 Å². The molecule has 1 heterocycles. The Morgan fingerprint density at radius 3 is 3.21 bits per heavy atom. The lowest BCUT2D eigenvalue weighted by Crippen LogP contribution is -2.08. The molecule has 0 saturated heterocycles. The van der Waals surface area contributed by atoms with Gasteiger partial charge in [-0.1, -0.05) is 6.07 Å². The smallest absolute Gasteiger partial charge is 0.337 e. The molecule has 0 spiro atoms. The molecular formula is C10H10N2O2. The second kappa shape index (κ2) is 3.49. The van der Waals surface area contributed by atoms with Gasteiger partial charge in [-0.3, -0.25) is 4.99 Å². The van der Waals surface area contributed by atoms with E-state index in [1.807, 2.05) is 6.07 Å². The molecule has 0 aromatic heterocycles. The van der Waals surface area contributed by atoms with Gasteiger partial charge in [0.25, 0.3) is 0 Å². The summed E-state index contributed by atoms with van der Waals surface area (Å²) < 4.78 is 4.63. The van der Waals surface area contributed by atoms with Crippen molar-refractivity contribution in [2.75, 3.05) is 12.4 Å². The van der Waals surface area contributed by atoms with Crippen LogP contribution in [0, 0.1) is 0 Å². The van der Waals surface area contributed by atoms with Crippen LogP contribution in [0.1, 0.15) is 15.9 Å². The Bertz CT molecular complexity index is 399. The van der Waals surface area contributed by atoms with Gasteiger partial charge in [-0.2, -0.15) is 0 Å². The number of carbonyl (C=O) groups is 1. The largest absolute Gasteiger partial charge is 0.465 e. The van der Waals surface area contributed by atoms with E-state index in [1.54, 1.807) is 18.5 Å². The minimum absolute atomic E-state index is 0.322. The van der Waals surface area contributed by atoms with Gasteiger partial charge in [-0.25, -0.2) is 4.79 Å². The highest BCUT2D eigenvalue weighted by Gasteiger charge is 2.10. The maximum Gasteiger partial charge on any atom is 0.337 e. The van der Waals surface area contributed by atoms with E-state index in [1.165, 1.54) is 7.11 Å². The van der Waals surface area contributed by atoms with E-state index in [0.29, 0.717) is 12.1 Å². The molecule has 4 nitrogen and oxygen atoms in total. The van der Waals surface area contributed by atoms with Crippen molar-refractivity contribution in [3.63, 3.8) is 0 Å². The summed E-state index contributed by atoms with van der Waals surface area (Å²) in [6, 6.07) is 5.39. The quantitative estimate of drug-likeness (QED) is 0.681. The third-order valence-corrected chi connectivity index (χ3v) is 2.10. The Morgan fingerprint density at radius 1 is 1.57 bits per heavy atom. The van der Waals surface area contributed by atoms with Crippen LogP contribution in [0.2, 0.25) is 0 Å². The number of hydrogen-bond donors (Lipinski definition) is 1. The first-order valence-electron chi connectivity index (χ1n) is 4.27. The van der Waals surface area contributed by atoms with E-state index in [0.717, 1.165) is 11.3 Å². The molecule has 0 bridgehead atoms. The number of methoxy groups -OCH3 is 1. The highest BCUT2D eigenvalue weighted by Crippen LogP contribution is 2.20. The molecule has 0 aliphatic carbocycles. The van der Waals surface area contributed by atoms with Gasteiger partial charge in [-0.05, 0) is 17.7 Å². The number of nitrogens with zero attached hydrogens (tertiary/aromatic N) is 1. The van der Waals surface area contributed by atoms with Crippen LogP contribution in [0.15, 0.2) is 23.2 Å². The lowest BCUT2D eigenvalue weighted by Gasteiger charge is -2.12. The molecule has 0 saturated carbocycles. The number of hydrogen-bond acceptors (Lipinski definition) is 4. The van der Waals surface area contributed by atoms with Gasteiger partial charge >= 0.3 is 5.97 Å². The second-order valence-electron chi connectivity index (χ2n) is 2.98. The average molecular weight is 190 g/mol. The van der Waals surface area contributed by atoms with E-state index >= 15 is 0 Å². The third kappa shape index (κ3) is 1.46. The number of benzene rings is 1. The molecular weight excluding hydrogens is 180 g/mol. The number of nitrogens with one attached hydrogen (secondary N) is 1. The number of anilines is 1. The van der Waals surface area contributed by atoms with Crippen LogP contribution in [0.5, 0.6) is 0 Å². The van der Waals surface area contributed by atoms with Crippen molar-refractivity contribution in [1.29, 1.82) is 0 Å². The maximum absolute atomic E-state index is 11.2. The van der Waals surface area contributed by atoms with Crippen molar-refractivity contribution in [2.45, 2.75) is 6.54 Å². The SMILES string of the molecule is COC(=O)c1ccc2c(c1)NC=NC2. The molecule has 14 heavy (non-hydrogen) atoms. The van der Waals surface area contributed by atoms with Crippen molar-refractivity contribution < 1.29 is 9.53 Å². The zero-order valence-electron chi connectivity index (χ0n) is 7.78. The van der Waals surface area contributed by atoms with Crippen molar-refractivity contribution in [3.05, 3.63) is 29.3 Å². The minimum atomic E-state index is -0.322. The Labute approximate surface area is 81.6 Å². The fraction of sp³-hybridized carbons (Fsp3) is 0.200. The van der Waals surface area contributed by atoms with E-state index in [-0.39, 0.29) is 5.97 Å². The number of rotatable bonds is 1. The molecule has 2 rings (SSSR count). The van der Waals surface area contributed by atoms with Crippen LogP contribution in [0.4, 0.5) is 5.69 Å². The van der Waals surface area contributed by atoms with Gasteiger partial charge in [0.05, 0.1) is 25.6 Å². The van der Waals surface area contributed by atoms with E-state index in [4.69, 9.17) is 0 Å². The molecule has 1 aliphatic rings. The molecule has 0 amide bonds. The Balaban J connectivity index is 2.36. The molecule has 0 radical (unpaired) electrons. The Kier molecular flexibility index (Phi) is 2.18. The first-order chi connectivity index (χ1) is 6.81. The third-order valence-electron chi connectivity index (χ3n) is 2.10. The highest BCUT2D eigenvalue weighted by atomic mass is 16.5. The van der Waals surface area contributed by atoms with E-state index < -0.39 is 0 Å². The summed E-state index contributed by atoms with van der Waals surface area (Å²) in [5.41, 5.74) is 2.55. The monoisotopic (exact) mass is 190 g/mol. The normalized spacial score (nSPS) is 12.9.